The Kier molecular flexibility index (Phi) is 3.88. The second-order valence-corrected chi connectivity index (χ2v) is 5.35. The molecule has 1 heterocycles. The fourth-order valence-corrected chi connectivity index (χ4v) is 2.13. The van der Waals surface area contributed by atoms with E-state index in [-0.39, 0.29) is 0 Å². The number of hydrogen-bond acceptors (Lipinski definition) is 3. The van der Waals surface area contributed by atoms with E-state index in [1.807, 2.05) is 26.0 Å². The van der Waals surface area contributed by atoms with Gasteiger partial charge in [0.2, 0.25) is 0 Å². The van der Waals surface area contributed by atoms with Crippen LogP contribution in [0.5, 0.6) is 0 Å². The van der Waals surface area contributed by atoms with E-state index < -0.39 is 5.41 Å². The van der Waals surface area contributed by atoms with Gasteiger partial charge in [-0.2, -0.15) is 5.26 Å². The van der Waals surface area contributed by atoms with Crippen molar-refractivity contribution in [1.82, 2.24) is 0 Å². The number of nitrogens with zero attached hydrogens (tertiary/aromatic N) is 1. The van der Waals surface area contributed by atoms with Crippen molar-refractivity contribution in [1.29, 1.82) is 5.26 Å². The molecular weight excluding hydrogens is 224 g/mol. The molecule has 0 spiro atoms. The number of ether oxygens (including phenoxy) is 1. The maximum absolute atomic E-state index is 9.10. The van der Waals surface area contributed by atoms with Gasteiger partial charge in [-0.3, -0.25) is 0 Å². The van der Waals surface area contributed by atoms with Gasteiger partial charge in [-0.05, 0) is 44.4 Å². The number of anilines is 1. The van der Waals surface area contributed by atoms with Crippen LogP contribution in [0.15, 0.2) is 24.3 Å². The maximum Gasteiger partial charge on any atom is 0.0766 e. The summed E-state index contributed by atoms with van der Waals surface area (Å²) in [5, 5.41) is 12.6. The van der Waals surface area contributed by atoms with Gasteiger partial charge in [-0.25, -0.2) is 0 Å². The van der Waals surface area contributed by atoms with E-state index in [4.69, 9.17) is 10.00 Å². The first-order valence-electron chi connectivity index (χ1n) is 6.48. The van der Waals surface area contributed by atoms with E-state index in [1.54, 1.807) is 0 Å². The zero-order chi connectivity index (χ0) is 13.0. The summed E-state index contributed by atoms with van der Waals surface area (Å²) in [4.78, 5) is 0. The lowest BCUT2D eigenvalue weighted by Crippen LogP contribution is -2.27. The Labute approximate surface area is 109 Å². The highest BCUT2D eigenvalue weighted by Crippen LogP contribution is 2.24. The lowest BCUT2D eigenvalue weighted by atomic mass is 9.86. The quantitative estimate of drug-likeness (QED) is 0.888. The first-order valence-corrected chi connectivity index (χ1v) is 6.48. The molecule has 1 aromatic carbocycles. The predicted octanol–water partition coefficient (Wildman–Crippen LogP) is 3.08. The summed E-state index contributed by atoms with van der Waals surface area (Å²) in [5.41, 5.74) is 1.76. The average Bonchev–Trinajstić information content (AvgIpc) is 2.40. The normalized spacial score (nSPS) is 17.2. The second-order valence-electron chi connectivity index (χ2n) is 5.35. The molecule has 0 aliphatic carbocycles. The van der Waals surface area contributed by atoms with Crippen molar-refractivity contribution < 1.29 is 4.74 Å². The summed E-state index contributed by atoms with van der Waals surface area (Å²) in [6, 6.07) is 11.0. The van der Waals surface area contributed by atoms with Crippen molar-refractivity contribution in [3.8, 4) is 6.07 Å². The van der Waals surface area contributed by atoms with Gasteiger partial charge >= 0.3 is 0 Å². The minimum atomic E-state index is -0.419. The molecule has 3 nitrogen and oxygen atoms in total. The molecule has 3 heteroatoms. The van der Waals surface area contributed by atoms with Crippen LogP contribution in [0.2, 0.25) is 0 Å². The molecule has 0 saturated carbocycles. The van der Waals surface area contributed by atoms with Gasteiger partial charge < -0.3 is 10.1 Å². The molecule has 0 atom stereocenters. The van der Waals surface area contributed by atoms with Crippen LogP contribution in [0.3, 0.4) is 0 Å². The Morgan fingerprint density at radius 2 is 1.83 bits per heavy atom. The third-order valence-electron chi connectivity index (χ3n) is 3.48. The van der Waals surface area contributed by atoms with Crippen LogP contribution in [0, 0.1) is 11.3 Å². The first kappa shape index (κ1) is 12.9. The van der Waals surface area contributed by atoms with E-state index in [2.05, 4.69) is 23.5 Å². The average molecular weight is 244 g/mol. The van der Waals surface area contributed by atoms with Crippen molar-refractivity contribution >= 4 is 5.69 Å². The fourth-order valence-electron chi connectivity index (χ4n) is 2.13. The summed E-state index contributed by atoms with van der Waals surface area (Å²) >= 11 is 0. The Hall–Kier alpha value is -1.53. The van der Waals surface area contributed by atoms with E-state index in [0.29, 0.717) is 6.04 Å². The summed E-state index contributed by atoms with van der Waals surface area (Å²) in [6.07, 6.45) is 2.12. The molecule has 0 radical (unpaired) electrons. The number of benzene rings is 1. The smallest absolute Gasteiger partial charge is 0.0766 e. The van der Waals surface area contributed by atoms with Crippen LogP contribution < -0.4 is 5.32 Å². The Bertz CT molecular complexity index is 425. The van der Waals surface area contributed by atoms with Crippen molar-refractivity contribution in [2.45, 2.75) is 38.1 Å². The summed E-state index contributed by atoms with van der Waals surface area (Å²) in [7, 11) is 0. The van der Waals surface area contributed by atoms with E-state index in [0.717, 1.165) is 37.3 Å². The highest BCUT2D eigenvalue weighted by Gasteiger charge is 2.19. The van der Waals surface area contributed by atoms with Gasteiger partial charge in [0.15, 0.2) is 0 Å². The zero-order valence-corrected chi connectivity index (χ0v) is 11.1. The Morgan fingerprint density at radius 3 is 2.39 bits per heavy atom. The van der Waals surface area contributed by atoms with Crippen molar-refractivity contribution in [3.63, 3.8) is 0 Å². The van der Waals surface area contributed by atoms with E-state index in [9.17, 15) is 0 Å². The maximum atomic E-state index is 9.10. The van der Waals surface area contributed by atoms with Gasteiger partial charge in [0.25, 0.3) is 0 Å². The van der Waals surface area contributed by atoms with Crippen LogP contribution in [-0.2, 0) is 10.2 Å². The molecule has 18 heavy (non-hydrogen) atoms. The van der Waals surface area contributed by atoms with Crippen LogP contribution in [0.1, 0.15) is 32.3 Å². The molecule has 0 unspecified atom stereocenters. The van der Waals surface area contributed by atoms with Crippen LogP contribution in [0.25, 0.3) is 0 Å². The van der Waals surface area contributed by atoms with Crippen LogP contribution in [-0.4, -0.2) is 19.3 Å². The number of nitriles is 1. The molecule has 1 aliphatic heterocycles. The summed E-state index contributed by atoms with van der Waals surface area (Å²) in [6.45, 7) is 5.57. The highest BCUT2D eigenvalue weighted by molar-refractivity contribution is 5.47. The SMILES string of the molecule is CC(C)(C#N)c1ccc(NC2CCOCC2)cc1. The molecule has 1 aromatic rings. The van der Waals surface area contributed by atoms with Gasteiger partial charge in [-0.1, -0.05) is 12.1 Å². The molecule has 0 aromatic heterocycles. The number of hydrogen-bond donors (Lipinski definition) is 1. The molecule has 0 bridgehead atoms. The molecular formula is C15H20N2O. The van der Waals surface area contributed by atoms with Crippen molar-refractivity contribution in [3.05, 3.63) is 29.8 Å². The molecule has 96 valence electrons. The van der Waals surface area contributed by atoms with Gasteiger partial charge in [0.05, 0.1) is 11.5 Å². The highest BCUT2D eigenvalue weighted by atomic mass is 16.5. The largest absolute Gasteiger partial charge is 0.382 e. The van der Waals surface area contributed by atoms with Crippen molar-refractivity contribution in [2.24, 2.45) is 0 Å². The molecule has 1 saturated heterocycles. The monoisotopic (exact) mass is 244 g/mol. The summed E-state index contributed by atoms with van der Waals surface area (Å²) < 4.78 is 5.34. The molecule has 0 amide bonds. The lowest BCUT2D eigenvalue weighted by Gasteiger charge is -2.24. The van der Waals surface area contributed by atoms with E-state index >= 15 is 0 Å². The third-order valence-corrected chi connectivity index (χ3v) is 3.48. The van der Waals surface area contributed by atoms with Gasteiger partial charge in [-0.15, -0.1) is 0 Å². The Balaban J connectivity index is 2.01. The minimum Gasteiger partial charge on any atom is -0.382 e. The van der Waals surface area contributed by atoms with Gasteiger partial charge in [0, 0.05) is 24.9 Å². The molecule has 1 aliphatic rings. The lowest BCUT2D eigenvalue weighted by molar-refractivity contribution is 0.0904. The first-order chi connectivity index (χ1) is 8.62. The minimum absolute atomic E-state index is 0.419. The Morgan fingerprint density at radius 1 is 1.22 bits per heavy atom. The fraction of sp³-hybridized carbons (Fsp3) is 0.533. The molecule has 2 rings (SSSR count). The van der Waals surface area contributed by atoms with Gasteiger partial charge in [0.1, 0.15) is 0 Å². The zero-order valence-electron chi connectivity index (χ0n) is 11.1. The molecule has 1 fully saturated rings. The third kappa shape index (κ3) is 3.02. The second kappa shape index (κ2) is 5.41. The van der Waals surface area contributed by atoms with E-state index in [1.165, 1.54) is 0 Å². The van der Waals surface area contributed by atoms with Crippen LogP contribution in [0.4, 0.5) is 5.69 Å². The standard InChI is InChI=1S/C15H20N2O/c1-15(2,11-16)12-3-5-13(6-4-12)17-14-7-9-18-10-8-14/h3-6,14,17H,7-10H2,1-2H3. The van der Waals surface area contributed by atoms with Crippen molar-refractivity contribution in [2.75, 3.05) is 18.5 Å². The van der Waals surface area contributed by atoms with Crippen LogP contribution >= 0.6 is 0 Å². The topological polar surface area (TPSA) is 45.0 Å². The summed E-state index contributed by atoms with van der Waals surface area (Å²) in [5.74, 6) is 0. The predicted molar refractivity (Wildman–Crippen MR) is 72.5 cm³/mol. The molecule has 1 N–H and O–H groups in total. The number of nitrogens with one attached hydrogen (secondary N) is 1. The number of rotatable bonds is 3.